The van der Waals surface area contributed by atoms with E-state index in [0.717, 1.165) is 6.07 Å². The van der Waals surface area contributed by atoms with Gasteiger partial charge in [-0.25, -0.2) is 0 Å². The smallest absolute Gasteiger partial charge is 0.273 e. The molecule has 0 saturated heterocycles. The van der Waals surface area contributed by atoms with E-state index in [9.17, 15) is 20.2 Å². The van der Waals surface area contributed by atoms with Gasteiger partial charge >= 0.3 is 9.33 Å². The van der Waals surface area contributed by atoms with Crippen LogP contribution < -0.4 is 0 Å². The summed E-state index contributed by atoms with van der Waals surface area (Å²) in [6, 6.07) is 4.59. The van der Waals surface area contributed by atoms with Crippen LogP contribution in [-0.4, -0.2) is 22.8 Å². The van der Waals surface area contributed by atoms with Gasteiger partial charge in [0.1, 0.15) is 0 Å². The van der Waals surface area contributed by atoms with Crippen molar-refractivity contribution in [3.63, 3.8) is 0 Å². The summed E-state index contributed by atoms with van der Waals surface area (Å²) >= 11 is 0. The monoisotopic (exact) mass is 284 g/mol. The van der Waals surface area contributed by atoms with Gasteiger partial charge in [0.25, 0.3) is 11.4 Å². The van der Waals surface area contributed by atoms with Crippen LogP contribution in [0.1, 0.15) is 0 Å². The molecule has 1 rings (SSSR count). The average Bonchev–Trinajstić information content (AvgIpc) is 2.15. The molecule has 9 nitrogen and oxygen atoms in total. The molecular formula is C6H5ClN2O7S. The maximum Gasteiger partial charge on any atom is 0.353 e. The molecule has 0 bridgehead atoms. The number of nitro benzene ring substituents is 2. The third-order valence-corrected chi connectivity index (χ3v) is 1.25. The summed E-state index contributed by atoms with van der Waals surface area (Å²) in [6.07, 6.45) is 0. The standard InChI is InChI=1S/C6H4N2O4.ClHO3S/c9-7(10)5-2-1-3-6(4-5)8(11)12;1-5(2,3)4/h1-4H;(H,2,3,4). The van der Waals surface area contributed by atoms with E-state index in [1.54, 1.807) is 0 Å². The molecule has 0 aliphatic heterocycles. The highest BCUT2D eigenvalue weighted by atomic mass is 35.7. The van der Waals surface area contributed by atoms with Crippen molar-refractivity contribution >= 4 is 31.4 Å². The Hall–Kier alpha value is -1.78. The second kappa shape index (κ2) is 6.08. The highest BCUT2D eigenvalue weighted by molar-refractivity contribution is 8.09. The average molecular weight is 285 g/mol. The molecule has 0 aromatic heterocycles. The van der Waals surface area contributed by atoms with E-state index < -0.39 is 19.2 Å². The first kappa shape index (κ1) is 15.2. The molecule has 0 spiro atoms. The molecule has 17 heavy (non-hydrogen) atoms. The predicted molar refractivity (Wildman–Crippen MR) is 57.2 cm³/mol. The minimum Gasteiger partial charge on any atom is -0.273 e. The maximum absolute atomic E-state index is 10.2. The number of non-ortho nitro benzene ring substituents is 2. The van der Waals surface area contributed by atoms with Crippen molar-refractivity contribution in [1.29, 1.82) is 0 Å². The summed E-state index contributed by atoms with van der Waals surface area (Å²) in [5.74, 6) is 0. The van der Waals surface area contributed by atoms with Crippen LogP contribution in [0.15, 0.2) is 24.3 Å². The van der Waals surface area contributed by atoms with E-state index in [2.05, 4.69) is 10.7 Å². The van der Waals surface area contributed by atoms with Crippen LogP contribution in [0.4, 0.5) is 11.4 Å². The topological polar surface area (TPSA) is 141 Å². The number of hydrogen-bond donors (Lipinski definition) is 1. The quantitative estimate of drug-likeness (QED) is 0.375. The van der Waals surface area contributed by atoms with Crippen molar-refractivity contribution in [2.24, 2.45) is 0 Å². The lowest BCUT2D eigenvalue weighted by atomic mass is 10.3. The van der Waals surface area contributed by atoms with E-state index in [4.69, 9.17) is 13.0 Å². The fourth-order valence-electron chi connectivity index (χ4n) is 0.720. The van der Waals surface area contributed by atoms with Crippen molar-refractivity contribution in [3.05, 3.63) is 44.5 Å². The number of hydrogen-bond acceptors (Lipinski definition) is 6. The Labute approximate surface area is 99.2 Å². The first-order valence-corrected chi connectivity index (χ1v) is 5.94. The zero-order chi connectivity index (χ0) is 13.6. The van der Waals surface area contributed by atoms with Gasteiger partial charge in [-0.15, -0.1) is 0 Å². The summed E-state index contributed by atoms with van der Waals surface area (Å²) in [5, 5.41) is 20.3. The molecule has 0 saturated carbocycles. The largest absolute Gasteiger partial charge is 0.353 e. The highest BCUT2D eigenvalue weighted by Crippen LogP contribution is 2.18. The summed E-state index contributed by atoms with van der Waals surface area (Å²) in [4.78, 5) is 19.0. The second-order valence-electron chi connectivity index (χ2n) is 2.45. The van der Waals surface area contributed by atoms with Crippen molar-refractivity contribution in [2.45, 2.75) is 0 Å². The van der Waals surface area contributed by atoms with E-state index in [0.29, 0.717) is 0 Å². The molecule has 0 amide bonds. The molecule has 0 fully saturated rings. The maximum atomic E-state index is 10.2. The van der Waals surface area contributed by atoms with Crippen molar-refractivity contribution < 1.29 is 22.8 Å². The summed E-state index contributed by atoms with van der Waals surface area (Å²) < 4.78 is 25.2. The van der Waals surface area contributed by atoms with Crippen molar-refractivity contribution in [2.75, 3.05) is 0 Å². The summed E-state index contributed by atoms with van der Waals surface area (Å²) in [7, 11) is -0.137. The van der Waals surface area contributed by atoms with Gasteiger partial charge < -0.3 is 0 Å². The molecule has 0 radical (unpaired) electrons. The normalized spacial score (nSPS) is 10.0. The van der Waals surface area contributed by atoms with Gasteiger partial charge in [-0.05, 0) is 6.07 Å². The molecule has 1 N–H and O–H groups in total. The Balaban J connectivity index is 0.000000437. The molecular weight excluding hydrogens is 280 g/mol. The van der Waals surface area contributed by atoms with Crippen LogP contribution in [0.5, 0.6) is 0 Å². The fraction of sp³-hybridized carbons (Fsp3) is 0. The van der Waals surface area contributed by atoms with E-state index in [1.165, 1.54) is 18.2 Å². The molecule has 94 valence electrons. The SMILES string of the molecule is O=S(=O)(O)Cl.O=[N+]([O-])c1cccc([N+](=O)[O-])c1. The molecule has 0 heterocycles. The zero-order valence-electron chi connectivity index (χ0n) is 7.89. The molecule has 0 aliphatic rings. The number of rotatable bonds is 2. The Morgan fingerprint density at radius 3 is 1.65 bits per heavy atom. The molecule has 1 aromatic carbocycles. The highest BCUT2D eigenvalue weighted by Gasteiger charge is 2.11. The third kappa shape index (κ3) is 8.07. The van der Waals surface area contributed by atoms with E-state index >= 15 is 0 Å². The Morgan fingerprint density at radius 1 is 1.12 bits per heavy atom. The molecule has 1 aromatic rings. The van der Waals surface area contributed by atoms with Crippen LogP contribution in [0.3, 0.4) is 0 Å². The van der Waals surface area contributed by atoms with Crippen LogP contribution in [0.2, 0.25) is 0 Å². The van der Waals surface area contributed by atoms with Crippen molar-refractivity contribution in [3.8, 4) is 0 Å². The second-order valence-corrected chi connectivity index (χ2v) is 4.44. The van der Waals surface area contributed by atoms with Gasteiger partial charge in [0.2, 0.25) is 0 Å². The lowest BCUT2D eigenvalue weighted by molar-refractivity contribution is -0.394. The van der Waals surface area contributed by atoms with Crippen LogP contribution in [0, 0.1) is 20.2 Å². The first-order chi connectivity index (χ1) is 7.61. The number of nitro groups is 2. The van der Waals surface area contributed by atoms with Gasteiger partial charge in [0, 0.05) is 22.8 Å². The number of benzene rings is 1. The summed E-state index contributed by atoms with van der Waals surface area (Å²) in [5.41, 5.74) is -0.548. The van der Waals surface area contributed by atoms with E-state index in [-0.39, 0.29) is 11.4 Å². The number of halogens is 1. The zero-order valence-corrected chi connectivity index (χ0v) is 9.46. The van der Waals surface area contributed by atoms with Crippen LogP contribution >= 0.6 is 10.7 Å². The Kier molecular flexibility index (Phi) is 5.44. The molecule has 0 unspecified atom stereocenters. The van der Waals surface area contributed by atoms with Gasteiger partial charge in [-0.2, -0.15) is 8.42 Å². The van der Waals surface area contributed by atoms with Gasteiger partial charge in [0.15, 0.2) is 0 Å². The third-order valence-electron chi connectivity index (χ3n) is 1.25. The van der Waals surface area contributed by atoms with Gasteiger partial charge in [-0.3, -0.25) is 24.8 Å². The first-order valence-electron chi connectivity index (χ1n) is 3.67. The van der Waals surface area contributed by atoms with Crippen molar-refractivity contribution in [1.82, 2.24) is 0 Å². The lowest BCUT2D eigenvalue weighted by Crippen LogP contribution is -1.91. The van der Waals surface area contributed by atoms with E-state index in [1.807, 2.05) is 0 Å². The van der Waals surface area contributed by atoms with Gasteiger partial charge in [-0.1, -0.05) is 0 Å². The molecule has 0 aliphatic carbocycles. The number of nitrogens with zero attached hydrogens (tertiary/aromatic N) is 2. The Morgan fingerprint density at radius 2 is 1.41 bits per heavy atom. The van der Waals surface area contributed by atoms with Gasteiger partial charge in [0.05, 0.1) is 15.9 Å². The van der Waals surface area contributed by atoms with Crippen LogP contribution in [-0.2, 0) is 9.33 Å². The Bertz CT molecular complexity index is 492. The predicted octanol–water partition coefficient (Wildman–Crippen LogP) is 1.53. The molecule has 11 heteroatoms. The fourth-order valence-corrected chi connectivity index (χ4v) is 0.720. The van der Waals surface area contributed by atoms with Crippen LogP contribution in [0.25, 0.3) is 0 Å². The minimum atomic E-state index is -4.19. The minimum absolute atomic E-state index is 0.274. The summed E-state index contributed by atoms with van der Waals surface area (Å²) in [6.45, 7) is 0. The molecule has 0 atom stereocenters. The lowest BCUT2D eigenvalue weighted by Gasteiger charge is -1.90.